The Morgan fingerprint density at radius 3 is 2.75 bits per heavy atom. The molecule has 0 aliphatic carbocycles. The molecule has 1 nitrogen and oxygen atoms in total. The molecule has 0 amide bonds. The molecule has 0 unspecified atom stereocenters. The quantitative estimate of drug-likeness (QED) is 0.548. The fourth-order valence-electron chi connectivity index (χ4n) is 0.349. The van der Waals surface area contributed by atoms with Gasteiger partial charge in [-0.25, -0.2) is 0 Å². The molecule has 1 N–H and O–H groups in total. The Morgan fingerprint density at radius 2 is 2.25 bits per heavy atom. The Hall–Kier alpha value is -0.520. The van der Waals surface area contributed by atoms with Crippen molar-refractivity contribution in [3.63, 3.8) is 0 Å². The first-order valence-electron chi connectivity index (χ1n) is 2.92. The van der Waals surface area contributed by atoms with Gasteiger partial charge in [0.1, 0.15) is 0 Å². The van der Waals surface area contributed by atoms with Gasteiger partial charge in [0.15, 0.2) is 0 Å². The second-order valence-corrected chi connectivity index (χ2v) is 1.50. The molecule has 0 aliphatic heterocycles. The molecule has 0 radical (unpaired) electrons. The van der Waals surface area contributed by atoms with Crippen LogP contribution in [0.5, 0.6) is 0 Å². The zero-order valence-corrected chi connectivity index (χ0v) is 5.22. The summed E-state index contributed by atoms with van der Waals surface area (Å²) in [6, 6.07) is 0. The summed E-state index contributed by atoms with van der Waals surface area (Å²) in [5, 5.41) is 8.28. The van der Waals surface area contributed by atoms with Crippen LogP contribution in [-0.4, -0.2) is 11.7 Å². The monoisotopic (exact) mass is 112 g/mol. The Labute approximate surface area is 50.3 Å². The van der Waals surface area contributed by atoms with Crippen molar-refractivity contribution in [1.29, 1.82) is 0 Å². The minimum Gasteiger partial charge on any atom is -0.396 e. The fraction of sp³-hybridized carbons (Fsp3) is 0.571. The van der Waals surface area contributed by atoms with Gasteiger partial charge in [0, 0.05) is 6.61 Å². The first-order valence-corrected chi connectivity index (χ1v) is 2.92. The summed E-state index contributed by atoms with van der Waals surface area (Å²) in [4.78, 5) is 0. The largest absolute Gasteiger partial charge is 0.396 e. The highest BCUT2D eigenvalue weighted by Gasteiger charge is 1.67. The van der Waals surface area contributed by atoms with Gasteiger partial charge in [-0.15, -0.1) is 5.73 Å². The van der Waals surface area contributed by atoms with E-state index in [-0.39, 0.29) is 6.61 Å². The van der Waals surface area contributed by atoms with E-state index in [1.807, 2.05) is 12.2 Å². The third-order valence-corrected chi connectivity index (χ3v) is 0.713. The fourth-order valence-corrected chi connectivity index (χ4v) is 0.349. The van der Waals surface area contributed by atoms with Crippen LogP contribution < -0.4 is 0 Å². The molecule has 0 aromatic carbocycles. The lowest BCUT2D eigenvalue weighted by atomic mass is 10.4. The van der Waals surface area contributed by atoms with Crippen molar-refractivity contribution in [1.82, 2.24) is 0 Å². The number of rotatable bonds is 3. The van der Waals surface area contributed by atoms with Gasteiger partial charge in [0.05, 0.1) is 0 Å². The lowest BCUT2D eigenvalue weighted by Crippen LogP contribution is -1.72. The molecular weight excluding hydrogens is 100 g/mol. The third kappa shape index (κ3) is 5.48. The zero-order valence-electron chi connectivity index (χ0n) is 5.22. The number of aliphatic hydroxyl groups excluding tert-OH is 1. The Bertz CT molecular complexity index is 88.6. The normalized spacial score (nSPS) is 7.75. The third-order valence-electron chi connectivity index (χ3n) is 0.713. The summed E-state index contributed by atoms with van der Waals surface area (Å²) in [7, 11) is 0. The lowest BCUT2D eigenvalue weighted by Gasteiger charge is -1.75. The van der Waals surface area contributed by atoms with E-state index < -0.39 is 0 Å². The van der Waals surface area contributed by atoms with E-state index in [1.54, 1.807) is 0 Å². The van der Waals surface area contributed by atoms with E-state index in [0.717, 1.165) is 12.8 Å². The molecule has 0 aromatic heterocycles. The average Bonchev–Trinajstić information content (AvgIpc) is 1.81. The van der Waals surface area contributed by atoms with Crippen LogP contribution in [0.3, 0.4) is 0 Å². The SMILES string of the molecule is CCC=C=CCCO. The first kappa shape index (κ1) is 7.48. The van der Waals surface area contributed by atoms with Crippen LogP contribution in [-0.2, 0) is 0 Å². The molecule has 0 saturated carbocycles. The van der Waals surface area contributed by atoms with Crippen molar-refractivity contribution in [3.05, 3.63) is 17.9 Å². The van der Waals surface area contributed by atoms with Crippen molar-refractivity contribution >= 4 is 0 Å². The molecule has 46 valence electrons. The van der Waals surface area contributed by atoms with Gasteiger partial charge in [-0.3, -0.25) is 0 Å². The van der Waals surface area contributed by atoms with E-state index in [0.29, 0.717) is 0 Å². The maximum atomic E-state index is 8.28. The maximum Gasteiger partial charge on any atom is 0.0471 e. The van der Waals surface area contributed by atoms with E-state index in [1.165, 1.54) is 0 Å². The highest BCUT2D eigenvalue weighted by atomic mass is 16.2. The molecule has 0 aliphatic rings. The van der Waals surface area contributed by atoms with Gasteiger partial charge in [-0.2, -0.15) is 0 Å². The average molecular weight is 112 g/mol. The second-order valence-electron chi connectivity index (χ2n) is 1.50. The van der Waals surface area contributed by atoms with Gasteiger partial charge < -0.3 is 5.11 Å². The van der Waals surface area contributed by atoms with Gasteiger partial charge in [0.2, 0.25) is 0 Å². The molecule has 0 spiro atoms. The minimum absolute atomic E-state index is 0.227. The summed E-state index contributed by atoms with van der Waals surface area (Å²) < 4.78 is 0. The summed E-state index contributed by atoms with van der Waals surface area (Å²) in [5.74, 6) is 0. The summed E-state index contributed by atoms with van der Waals surface area (Å²) in [6.07, 6.45) is 5.51. The summed E-state index contributed by atoms with van der Waals surface area (Å²) in [6.45, 7) is 2.28. The van der Waals surface area contributed by atoms with Crippen LogP contribution in [0.25, 0.3) is 0 Å². The summed E-state index contributed by atoms with van der Waals surface area (Å²) >= 11 is 0. The van der Waals surface area contributed by atoms with Crippen molar-refractivity contribution in [2.24, 2.45) is 0 Å². The van der Waals surface area contributed by atoms with Gasteiger partial charge in [-0.05, 0) is 25.0 Å². The molecule has 0 bridgehead atoms. The first-order chi connectivity index (χ1) is 3.91. The zero-order chi connectivity index (χ0) is 6.24. The van der Waals surface area contributed by atoms with E-state index in [9.17, 15) is 0 Å². The minimum atomic E-state index is 0.227. The molecule has 0 atom stereocenters. The molecule has 0 saturated heterocycles. The molecule has 1 heteroatoms. The number of aliphatic hydroxyl groups is 1. The molecular formula is C7H12O. The van der Waals surface area contributed by atoms with Gasteiger partial charge in [-0.1, -0.05) is 6.92 Å². The standard InChI is InChI=1S/C7H12O/c1-2-3-4-5-6-7-8/h3,5,8H,2,6-7H2,1H3. The highest BCUT2D eigenvalue weighted by Crippen LogP contribution is 1.78. The molecule has 0 aromatic rings. The maximum absolute atomic E-state index is 8.28. The predicted octanol–water partition coefficient (Wildman–Crippen LogP) is 1.49. The number of hydrogen-bond donors (Lipinski definition) is 1. The van der Waals surface area contributed by atoms with Crippen LogP contribution in [0.1, 0.15) is 19.8 Å². The second kappa shape index (κ2) is 6.48. The van der Waals surface area contributed by atoms with E-state index in [4.69, 9.17) is 5.11 Å². The van der Waals surface area contributed by atoms with E-state index >= 15 is 0 Å². The predicted molar refractivity (Wildman–Crippen MR) is 34.6 cm³/mol. The molecule has 0 fully saturated rings. The highest BCUT2D eigenvalue weighted by molar-refractivity contribution is 4.83. The van der Waals surface area contributed by atoms with Crippen LogP contribution in [0.2, 0.25) is 0 Å². The molecule has 0 rings (SSSR count). The van der Waals surface area contributed by atoms with Gasteiger partial charge in [0.25, 0.3) is 0 Å². The molecule has 8 heavy (non-hydrogen) atoms. The van der Waals surface area contributed by atoms with Crippen molar-refractivity contribution in [2.45, 2.75) is 19.8 Å². The smallest absolute Gasteiger partial charge is 0.0471 e. The topological polar surface area (TPSA) is 20.2 Å². The van der Waals surface area contributed by atoms with E-state index in [2.05, 4.69) is 12.7 Å². The van der Waals surface area contributed by atoms with Crippen LogP contribution in [0, 0.1) is 0 Å². The van der Waals surface area contributed by atoms with Crippen LogP contribution >= 0.6 is 0 Å². The van der Waals surface area contributed by atoms with Crippen molar-refractivity contribution in [2.75, 3.05) is 6.61 Å². The lowest BCUT2D eigenvalue weighted by molar-refractivity contribution is 0.302. The van der Waals surface area contributed by atoms with Gasteiger partial charge >= 0.3 is 0 Å². The summed E-state index contributed by atoms with van der Waals surface area (Å²) in [5.41, 5.74) is 2.93. The Kier molecular flexibility index (Phi) is 6.06. The van der Waals surface area contributed by atoms with Crippen LogP contribution in [0.4, 0.5) is 0 Å². The van der Waals surface area contributed by atoms with Crippen molar-refractivity contribution in [3.8, 4) is 0 Å². The van der Waals surface area contributed by atoms with Crippen molar-refractivity contribution < 1.29 is 5.11 Å². The van der Waals surface area contributed by atoms with Crippen LogP contribution in [0.15, 0.2) is 17.9 Å². The Morgan fingerprint density at radius 1 is 1.50 bits per heavy atom. The Balaban J connectivity index is 3.18. The molecule has 0 heterocycles. The number of hydrogen-bond acceptors (Lipinski definition) is 1.